The number of rotatable bonds is 11. The Morgan fingerprint density at radius 3 is 2.37 bits per heavy atom. The fourth-order valence-corrected chi connectivity index (χ4v) is 4.47. The molecular formula is C30H43N3O5. The van der Waals surface area contributed by atoms with Crippen LogP contribution in [0.2, 0.25) is 0 Å². The lowest BCUT2D eigenvalue weighted by Crippen LogP contribution is -2.49. The van der Waals surface area contributed by atoms with Crippen LogP contribution in [0.3, 0.4) is 0 Å². The maximum absolute atomic E-state index is 13.5. The van der Waals surface area contributed by atoms with Crippen LogP contribution in [0.15, 0.2) is 36.4 Å². The van der Waals surface area contributed by atoms with Crippen LogP contribution in [0.25, 0.3) is 0 Å². The third-order valence-electron chi connectivity index (χ3n) is 6.67. The van der Waals surface area contributed by atoms with Gasteiger partial charge in [0.15, 0.2) is 11.5 Å². The first-order valence-corrected chi connectivity index (χ1v) is 13.3. The van der Waals surface area contributed by atoms with Gasteiger partial charge in [-0.25, -0.2) is 4.79 Å². The van der Waals surface area contributed by atoms with Crippen molar-refractivity contribution in [1.29, 1.82) is 0 Å². The summed E-state index contributed by atoms with van der Waals surface area (Å²) in [5.41, 5.74) is 2.83. The Morgan fingerprint density at radius 2 is 1.71 bits per heavy atom. The van der Waals surface area contributed by atoms with Gasteiger partial charge in [0, 0.05) is 44.5 Å². The van der Waals surface area contributed by atoms with Gasteiger partial charge in [0.25, 0.3) is 0 Å². The Labute approximate surface area is 227 Å². The summed E-state index contributed by atoms with van der Waals surface area (Å²) in [6.07, 6.45) is 3.15. The molecule has 8 heteroatoms. The van der Waals surface area contributed by atoms with Crippen LogP contribution in [0.4, 0.5) is 10.5 Å². The Bertz CT molecular complexity index is 1110. The lowest BCUT2D eigenvalue weighted by molar-refractivity contribution is -0.127. The van der Waals surface area contributed by atoms with Gasteiger partial charge in [-0.05, 0) is 48.4 Å². The Hall–Kier alpha value is -3.42. The number of hydrogen-bond donors (Lipinski definition) is 0. The van der Waals surface area contributed by atoms with Gasteiger partial charge in [-0.15, -0.1) is 0 Å². The van der Waals surface area contributed by atoms with Crippen LogP contribution in [-0.2, 0) is 17.8 Å². The molecule has 8 nitrogen and oxygen atoms in total. The summed E-state index contributed by atoms with van der Waals surface area (Å²) in [4.78, 5) is 30.9. The van der Waals surface area contributed by atoms with Crippen molar-refractivity contribution >= 4 is 17.6 Å². The molecule has 2 aromatic rings. The van der Waals surface area contributed by atoms with Crippen molar-refractivity contribution in [1.82, 2.24) is 9.80 Å². The molecule has 0 spiro atoms. The van der Waals surface area contributed by atoms with Crippen molar-refractivity contribution in [2.24, 2.45) is 5.41 Å². The third kappa shape index (κ3) is 7.79. The number of ether oxygens (including phenoxy) is 3. The fraction of sp³-hybridized carbons (Fsp3) is 0.533. The summed E-state index contributed by atoms with van der Waals surface area (Å²) in [7, 11) is 6.72. The van der Waals surface area contributed by atoms with Crippen molar-refractivity contribution in [3.05, 3.63) is 47.5 Å². The van der Waals surface area contributed by atoms with Crippen LogP contribution in [-0.4, -0.2) is 69.7 Å². The van der Waals surface area contributed by atoms with E-state index < -0.39 is 0 Å². The van der Waals surface area contributed by atoms with Crippen LogP contribution in [0, 0.1) is 5.41 Å². The van der Waals surface area contributed by atoms with Crippen LogP contribution in [0.5, 0.6) is 17.2 Å². The van der Waals surface area contributed by atoms with Gasteiger partial charge < -0.3 is 24.0 Å². The van der Waals surface area contributed by atoms with Crippen molar-refractivity contribution in [3.63, 3.8) is 0 Å². The molecule has 3 amide bonds. The maximum atomic E-state index is 13.5. The third-order valence-corrected chi connectivity index (χ3v) is 6.67. The average molecular weight is 526 g/mol. The van der Waals surface area contributed by atoms with E-state index >= 15 is 0 Å². The molecule has 3 rings (SSSR count). The van der Waals surface area contributed by atoms with E-state index in [-0.39, 0.29) is 17.4 Å². The molecule has 2 aromatic carbocycles. The number of nitrogens with zero attached hydrogens (tertiary/aromatic N) is 3. The molecule has 0 N–H and O–H groups in total. The monoisotopic (exact) mass is 525 g/mol. The zero-order valence-corrected chi connectivity index (χ0v) is 24.0. The molecule has 1 heterocycles. The molecule has 0 aliphatic carbocycles. The first-order valence-electron chi connectivity index (χ1n) is 13.3. The van der Waals surface area contributed by atoms with Crippen molar-refractivity contribution < 1.29 is 23.8 Å². The number of amides is 3. The van der Waals surface area contributed by atoms with E-state index in [1.54, 1.807) is 38.1 Å². The van der Waals surface area contributed by atoms with Crippen LogP contribution < -0.4 is 19.1 Å². The maximum Gasteiger partial charge on any atom is 0.324 e. The second-order valence-electron chi connectivity index (χ2n) is 11.2. The van der Waals surface area contributed by atoms with Gasteiger partial charge >= 0.3 is 6.03 Å². The number of benzene rings is 2. The van der Waals surface area contributed by atoms with Gasteiger partial charge in [0.05, 0.1) is 33.8 Å². The fourth-order valence-electron chi connectivity index (χ4n) is 4.47. The summed E-state index contributed by atoms with van der Waals surface area (Å²) in [6.45, 7) is 8.97. The molecule has 0 atom stereocenters. The minimum atomic E-state index is -0.0611. The number of methoxy groups -OCH3 is 2. The lowest BCUT2D eigenvalue weighted by atomic mass is 9.91. The van der Waals surface area contributed by atoms with Gasteiger partial charge in [-0.3, -0.25) is 9.69 Å². The number of anilines is 1. The van der Waals surface area contributed by atoms with Crippen molar-refractivity contribution in [3.8, 4) is 17.2 Å². The Balaban J connectivity index is 1.72. The summed E-state index contributed by atoms with van der Waals surface area (Å²) in [5, 5.41) is 0. The van der Waals surface area contributed by atoms with E-state index in [4.69, 9.17) is 14.2 Å². The van der Waals surface area contributed by atoms with E-state index in [2.05, 4.69) is 20.8 Å². The van der Waals surface area contributed by atoms with E-state index in [9.17, 15) is 9.59 Å². The summed E-state index contributed by atoms with van der Waals surface area (Å²) in [5.74, 6) is 2.00. The first kappa shape index (κ1) is 29.1. The standard InChI is InChI=1S/C30H43N3O5/c1-30(2,3)14-8-17-38-27-20-24(12-13-25(27)36-6)33-16-9-15-32(29(33)35)21-23-11-10-22(18-26(23)37-7)19-28(34)31(4)5/h10-13,18,20H,8-9,14-17,19,21H2,1-7H3. The number of hydrogen-bond acceptors (Lipinski definition) is 5. The minimum Gasteiger partial charge on any atom is -0.496 e. The Kier molecular flexibility index (Phi) is 9.89. The molecule has 1 fully saturated rings. The molecule has 1 saturated heterocycles. The van der Waals surface area contributed by atoms with Gasteiger partial charge in [-0.1, -0.05) is 32.9 Å². The van der Waals surface area contributed by atoms with Gasteiger partial charge in [-0.2, -0.15) is 0 Å². The molecule has 1 aliphatic rings. The lowest BCUT2D eigenvalue weighted by Gasteiger charge is -2.36. The number of urea groups is 1. The van der Waals surface area contributed by atoms with E-state index in [1.807, 2.05) is 41.3 Å². The summed E-state index contributed by atoms with van der Waals surface area (Å²) >= 11 is 0. The topological polar surface area (TPSA) is 71.6 Å². The van der Waals surface area contributed by atoms with Crippen molar-refractivity contribution in [2.45, 2.75) is 53.0 Å². The summed E-state index contributed by atoms with van der Waals surface area (Å²) in [6, 6.07) is 11.4. The zero-order valence-electron chi connectivity index (χ0n) is 24.0. The van der Waals surface area contributed by atoms with Gasteiger partial charge in [0.1, 0.15) is 5.75 Å². The second kappa shape index (κ2) is 12.9. The van der Waals surface area contributed by atoms with Gasteiger partial charge in [0.2, 0.25) is 5.91 Å². The van der Waals surface area contributed by atoms with Crippen molar-refractivity contribution in [2.75, 3.05) is 52.9 Å². The smallest absolute Gasteiger partial charge is 0.324 e. The normalized spacial score (nSPS) is 13.9. The quantitative estimate of drug-likeness (QED) is 0.369. The first-order chi connectivity index (χ1) is 18.0. The van der Waals surface area contributed by atoms with E-state index in [0.717, 1.165) is 36.1 Å². The Morgan fingerprint density at radius 1 is 0.974 bits per heavy atom. The molecule has 0 aromatic heterocycles. The van der Waals surface area contributed by atoms with E-state index in [0.29, 0.717) is 49.9 Å². The molecule has 208 valence electrons. The summed E-state index contributed by atoms with van der Waals surface area (Å²) < 4.78 is 17.2. The average Bonchev–Trinajstić information content (AvgIpc) is 2.87. The number of carbonyl (C=O) groups is 2. The number of likely N-dealkylation sites (N-methyl/N-ethyl adjacent to an activating group) is 1. The van der Waals surface area contributed by atoms with Crippen LogP contribution >= 0.6 is 0 Å². The highest BCUT2D eigenvalue weighted by molar-refractivity contribution is 5.93. The predicted octanol–water partition coefficient (Wildman–Crippen LogP) is 5.37. The largest absolute Gasteiger partial charge is 0.496 e. The molecule has 1 aliphatic heterocycles. The zero-order chi connectivity index (χ0) is 27.9. The molecule has 0 saturated carbocycles. The van der Waals surface area contributed by atoms with Crippen LogP contribution in [0.1, 0.15) is 51.2 Å². The second-order valence-corrected chi connectivity index (χ2v) is 11.2. The predicted molar refractivity (Wildman–Crippen MR) is 150 cm³/mol. The van der Waals surface area contributed by atoms with E-state index in [1.165, 1.54) is 0 Å². The highest BCUT2D eigenvalue weighted by atomic mass is 16.5. The molecule has 0 radical (unpaired) electrons. The minimum absolute atomic E-state index is 0.0266. The highest BCUT2D eigenvalue weighted by Gasteiger charge is 2.28. The molecule has 38 heavy (non-hydrogen) atoms. The SMILES string of the molecule is COc1cc(CC(=O)N(C)C)ccc1CN1CCCN(c2ccc(OC)c(OCCCC(C)(C)C)c2)C1=O. The highest BCUT2D eigenvalue weighted by Crippen LogP contribution is 2.34. The molecule has 0 unspecified atom stereocenters. The number of carbonyl (C=O) groups excluding carboxylic acids is 2. The molecular weight excluding hydrogens is 482 g/mol. The molecule has 0 bridgehead atoms.